The van der Waals surface area contributed by atoms with Gasteiger partial charge in [-0.1, -0.05) is 24.3 Å². The van der Waals surface area contributed by atoms with E-state index in [9.17, 15) is 28.2 Å². The first-order valence-electron chi connectivity index (χ1n) is 9.64. The highest BCUT2D eigenvalue weighted by Crippen LogP contribution is 2.56. The average molecular weight is 420 g/mol. The molecule has 160 valence electrons. The molecular formula is C22H23F3N2O3. The van der Waals surface area contributed by atoms with Crippen LogP contribution < -0.4 is 0 Å². The Hall–Kier alpha value is -2.42. The van der Waals surface area contributed by atoms with Crippen LogP contribution >= 0.6 is 0 Å². The lowest BCUT2D eigenvalue weighted by atomic mass is 9.88. The number of carbonyl (C=O) groups excluding carboxylic acids is 1. The molecule has 2 aromatic carbocycles. The molecular weight excluding hydrogens is 397 g/mol. The Morgan fingerprint density at radius 3 is 2.43 bits per heavy atom. The Bertz CT molecular complexity index is 1020. The van der Waals surface area contributed by atoms with Gasteiger partial charge in [-0.2, -0.15) is 13.2 Å². The molecule has 0 bridgehead atoms. The summed E-state index contributed by atoms with van der Waals surface area (Å²) in [6.45, 7) is 2.28. The van der Waals surface area contributed by atoms with Crippen molar-refractivity contribution in [1.29, 1.82) is 0 Å². The molecule has 1 heterocycles. The molecule has 0 spiro atoms. The summed E-state index contributed by atoms with van der Waals surface area (Å²) in [6, 6.07) is 8.63. The van der Waals surface area contributed by atoms with E-state index >= 15 is 0 Å². The van der Waals surface area contributed by atoms with Crippen molar-refractivity contribution in [2.24, 2.45) is 5.92 Å². The molecule has 1 fully saturated rings. The zero-order valence-corrected chi connectivity index (χ0v) is 16.9. The quantitative estimate of drug-likeness (QED) is 0.750. The number of aliphatic hydroxyl groups excluding tert-OH is 1. The van der Waals surface area contributed by atoms with E-state index in [1.807, 2.05) is 0 Å². The van der Waals surface area contributed by atoms with E-state index < -0.39 is 23.9 Å². The Kier molecular flexibility index (Phi) is 4.72. The summed E-state index contributed by atoms with van der Waals surface area (Å²) in [7, 11) is 3.46. The van der Waals surface area contributed by atoms with Gasteiger partial charge in [-0.05, 0) is 49.8 Å². The van der Waals surface area contributed by atoms with E-state index in [4.69, 9.17) is 0 Å². The molecule has 4 rings (SSSR count). The number of nitrogens with zero attached hydrogens (tertiary/aromatic N) is 2. The van der Waals surface area contributed by atoms with Gasteiger partial charge in [-0.25, -0.2) is 0 Å². The molecule has 2 N–H and O–H groups in total. The minimum absolute atomic E-state index is 0.0968. The standard InChI is InChI=1S/C22H23F3N2O3/c1-12-8-13(20(29)27-10-14(11-27)19(28)26(2)3)9-17-18(12)15-6-4-5-7-16(15)21(17,30)22(23,24)25/h4-9,14,19,28,30H,10-11H2,1-3H3. The summed E-state index contributed by atoms with van der Waals surface area (Å²) >= 11 is 0. The van der Waals surface area contributed by atoms with Crippen molar-refractivity contribution in [3.63, 3.8) is 0 Å². The third kappa shape index (κ3) is 2.85. The van der Waals surface area contributed by atoms with E-state index in [2.05, 4.69) is 0 Å². The molecule has 5 nitrogen and oxygen atoms in total. The number of alkyl halides is 3. The van der Waals surface area contributed by atoms with Crippen LogP contribution in [0.1, 0.15) is 27.0 Å². The smallest absolute Gasteiger partial charge is 0.378 e. The van der Waals surface area contributed by atoms with E-state index in [1.54, 1.807) is 44.1 Å². The Morgan fingerprint density at radius 1 is 1.20 bits per heavy atom. The molecule has 2 aromatic rings. The molecule has 2 aliphatic rings. The Balaban J connectivity index is 1.73. The van der Waals surface area contributed by atoms with Crippen LogP contribution in [0.5, 0.6) is 0 Å². The summed E-state index contributed by atoms with van der Waals surface area (Å²) in [5.74, 6) is -0.528. The molecule has 1 saturated heterocycles. The molecule has 0 saturated carbocycles. The average Bonchev–Trinajstić information content (AvgIpc) is 2.91. The van der Waals surface area contributed by atoms with E-state index in [0.717, 1.165) is 6.07 Å². The lowest BCUT2D eigenvalue weighted by Crippen LogP contribution is -2.57. The first-order valence-corrected chi connectivity index (χ1v) is 9.64. The maximum absolute atomic E-state index is 14.0. The number of halogens is 3. The van der Waals surface area contributed by atoms with Gasteiger partial charge in [0.1, 0.15) is 6.23 Å². The lowest BCUT2D eigenvalue weighted by molar-refractivity contribution is -0.246. The van der Waals surface area contributed by atoms with Crippen molar-refractivity contribution in [2.45, 2.75) is 24.9 Å². The van der Waals surface area contributed by atoms with Gasteiger partial charge in [0, 0.05) is 35.7 Å². The predicted molar refractivity (Wildman–Crippen MR) is 105 cm³/mol. The molecule has 1 amide bonds. The second-order valence-corrected chi connectivity index (χ2v) is 8.32. The molecule has 0 radical (unpaired) electrons. The summed E-state index contributed by atoms with van der Waals surface area (Å²) in [5.41, 5.74) is -2.48. The van der Waals surface area contributed by atoms with Crippen LogP contribution in [-0.4, -0.2) is 65.5 Å². The minimum Gasteiger partial charge on any atom is -0.378 e. The van der Waals surface area contributed by atoms with Crippen LogP contribution in [0.2, 0.25) is 0 Å². The maximum atomic E-state index is 14.0. The Morgan fingerprint density at radius 2 is 1.83 bits per heavy atom. The summed E-state index contributed by atoms with van der Waals surface area (Å²) < 4.78 is 42.1. The van der Waals surface area contributed by atoms with Crippen LogP contribution in [-0.2, 0) is 5.60 Å². The van der Waals surface area contributed by atoms with Crippen molar-refractivity contribution >= 4 is 5.91 Å². The second-order valence-electron chi connectivity index (χ2n) is 8.32. The Labute approximate surface area is 172 Å². The number of rotatable bonds is 3. The highest BCUT2D eigenvalue weighted by Gasteiger charge is 2.61. The third-order valence-electron chi connectivity index (χ3n) is 6.12. The van der Waals surface area contributed by atoms with Gasteiger partial charge in [-0.15, -0.1) is 0 Å². The third-order valence-corrected chi connectivity index (χ3v) is 6.12. The van der Waals surface area contributed by atoms with Crippen LogP contribution in [0, 0.1) is 12.8 Å². The number of hydrogen-bond donors (Lipinski definition) is 2. The molecule has 0 aromatic heterocycles. The maximum Gasteiger partial charge on any atom is 0.425 e. The van der Waals surface area contributed by atoms with Crippen molar-refractivity contribution in [2.75, 3.05) is 27.2 Å². The van der Waals surface area contributed by atoms with Crippen molar-refractivity contribution < 1.29 is 28.2 Å². The molecule has 1 aliphatic heterocycles. The van der Waals surface area contributed by atoms with Gasteiger partial charge in [0.2, 0.25) is 5.60 Å². The van der Waals surface area contributed by atoms with E-state index in [0.29, 0.717) is 29.8 Å². The normalized spacial score (nSPS) is 22.0. The zero-order valence-electron chi connectivity index (χ0n) is 16.9. The number of aryl methyl sites for hydroxylation is 1. The minimum atomic E-state index is -4.94. The fourth-order valence-corrected chi connectivity index (χ4v) is 4.49. The summed E-state index contributed by atoms with van der Waals surface area (Å²) in [4.78, 5) is 16.1. The van der Waals surface area contributed by atoms with Crippen molar-refractivity contribution in [1.82, 2.24) is 9.80 Å². The molecule has 8 heteroatoms. The largest absolute Gasteiger partial charge is 0.425 e. The van der Waals surface area contributed by atoms with Crippen LogP contribution in [0.25, 0.3) is 11.1 Å². The number of likely N-dealkylation sites (tertiary alicyclic amines) is 1. The van der Waals surface area contributed by atoms with Gasteiger partial charge in [0.25, 0.3) is 5.91 Å². The van der Waals surface area contributed by atoms with Crippen LogP contribution in [0.3, 0.4) is 0 Å². The number of hydrogen-bond acceptors (Lipinski definition) is 4. The van der Waals surface area contributed by atoms with Gasteiger partial charge in [0.15, 0.2) is 0 Å². The number of benzene rings is 2. The molecule has 2 atom stereocenters. The van der Waals surface area contributed by atoms with Crippen molar-refractivity contribution in [3.8, 4) is 11.1 Å². The molecule has 1 aliphatic carbocycles. The highest BCUT2D eigenvalue weighted by atomic mass is 19.4. The van der Waals surface area contributed by atoms with E-state index in [-0.39, 0.29) is 22.6 Å². The summed E-state index contributed by atoms with van der Waals surface area (Å²) in [5, 5.41) is 20.9. The SMILES string of the molecule is Cc1cc(C(=O)N2CC(C(O)N(C)C)C2)cc2c1-c1ccccc1C2(O)C(F)(F)F. The first-order chi connectivity index (χ1) is 14.0. The van der Waals surface area contributed by atoms with Crippen LogP contribution in [0.4, 0.5) is 13.2 Å². The number of aliphatic hydroxyl groups is 2. The molecule has 30 heavy (non-hydrogen) atoms. The van der Waals surface area contributed by atoms with Crippen molar-refractivity contribution in [3.05, 3.63) is 58.7 Å². The van der Waals surface area contributed by atoms with Crippen LogP contribution in [0.15, 0.2) is 36.4 Å². The number of fused-ring (bicyclic) bond motifs is 3. The fourth-order valence-electron chi connectivity index (χ4n) is 4.49. The molecule has 2 unspecified atom stereocenters. The second kappa shape index (κ2) is 6.80. The van der Waals surface area contributed by atoms with E-state index in [1.165, 1.54) is 17.0 Å². The number of amides is 1. The van der Waals surface area contributed by atoms with Gasteiger partial charge >= 0.3 is 6.18 Å². The fraction of sp³-hybridized carbons (Fsp3) is 0.409. The monoisotopic (exact) mass is 420 g/mol. The topological polar surface area (TPSA) is 64.0 Å². The first kappa shape index (κ1) is 20.8. The lowest BCUT2D eigenvalue weighted by Gasteiger charge is -2.43. The van der Waals surface area contributed by atoms with Gasteiger partial charge in [-0.3, -0.25) is 9.69 Å². The highest BCUT2D eigenvalue weighted by molar-refractivity contribution is 5.97. The number of carbonyl (C=O) groups is 1. The predicted octanol–water partition coefficient (Wildman–Crippen LogP) is 2.73. The zero-order chi connectivity index (χ0) is 22.0. The summed E-state index contributed by atoms with van der Waals surface area (Å²) in [6.07, 6.45) is -5.64. The van der Waals surface area contributed by atoms with Gasteiger partial charge < -0.3 is 15.1 Å². The van der Waals surface area contributed by atoms with Gasteiger partial charge in [0.05, 0.1) is 0 Å².